The maximum atomic E-state index is 5.49. The monoisotopic (exact) mass is 343 g/mol. The van der Waals surface area contributed by atoms with Crippen LogP contribution in [0, 0.1) is 6.92 Å². The predicted molar refractivity (Wildman–Crippen MR) is 108 cm³/mol. The fraction of sp³-hybridized carbons (Fsp3) is 0.0476. The molecule has 3 aromatic carbocycles. The lowest BCUT2D eigenvalue weighted by Crippen LogP contribution is -2.10. The number of hydrogen-bond donors (Lipinski definition) is 1. The maximum absolute atomic E-state index is 5.49. The number of nitrogens with zero attached hydrogens (tertiary/aromatic N) is 2. The van der Waals surface area contributed by atoms with Crippen LogP contribution < -0.4 is 5.32 Å². The molecule has 0 saturated carbocycles. The van der Waals surface area contributed by atoms with Crippen molar-refractivity contribution in [3.05, 3.63) is 90.3 Å². The van der Waals surface area contributed by atoms with Gasteiger partial charge >= 0.3 is 0 Å². The number of hydrogen-bond acceptors (Lipinski definition) is 2. The molecule has 1 heterocycles. The van der Waals surface area contributed by atoms with Gasteiger partial charge in [0.2, 0.25) is 0 Å². The minimum Gasteiger partial charge on any atom is -0.346 e. The van der Waals surface area contributed by atoms with E-state index in [4.69, 9.17) is 12.2 Å². The van der Waals surface area contributed by atoms with E-state index in [0.29, 0.717) is 4.99 Å². The molecule has 4 heteroatoms. The fourth-order valence-electron chi connectivity index (χ4n) is 2.91. The first-order valence-corrected chi connectivity index (χ1v) is 8.53. The lowest BCUT2D eigenvalue weighted by Gasteiger charge is -2.10. The van der Waals surface area contributed by atoms with E-state index in [-0.39, 0.29) is 0 Å². The molecule has 0 fully saturated rings. The number of fused-ring (bicyclic) bond motifs is 1. The average molecular weight is 343 g/mol. The van der Waals surface area contributed by atoms with Crippen LogP contribution >= 0.6 is 12.2 Å². The molecular weight excluding hydrogens is 326 g/mol. The summed E-state index contributed by atoms with van der Waals surface area (Å²) in [5, 5.41) is 3.29. The molecule has 3 nitrogen and oxygen atoms in total. The molecule has 25 heavy (non-hydrogen) atoms. The Balaban J connectivity index is 1.66. The van der Waals surface area contributed by atoms with Crippen LogP contribution in [-0.2, 0) is 0 Å². The van der Waals surface area contributed by atoms with E-state index in [9.17, 15) is 0 Å². The highest BCUT2D eigenvalue weighted by Gasteiger charge is 2.08. The minimum atomic E-state index is 0.707. The van der Waals surface area contributed by atoms with Crippen LogP contribution in [0.4, 0.5) is 5.69 Å². The molecule has 1 N–H and O–H groups in total. The standard InChI is InChI=1S/C21H17N3S/c1-15-7-5-6-10-19(15)24-14-22-18-13-17(11-12-20(18)24)23-21(25)16-8-3-2-4-9-16/h2-14H,1H3,(H,23,25). The number of aryl methyl sites for hydroxylation is 1. The second-order valence-corrected chi connectivity index (χ2v) is 6.33. The number of nitrogens with one attached hydrogen (secondary N) is 1. The van der Waals surface area contributed by atoms with Crippen LogP contribution in [0.5, 0.6) is 0 Å². The maximum Gasteiger partial charge on any atom is 0.110 e. The molecule has 0 aliphatic carbocycles. The molecule has 122 valence electrons. The normalized spacial score (nSPS) is 10.8. The summed E-state index contributed by atoms with van der Waals surface area (Å²) < 4.78 is 2.12. The Labute approximate surface area is 152 Å². The lowest BCUT2D eigenvalue weighted by atomic mass is 10.2. The molecule has 0 amide bonds. The first kappa shape index (κ1) is 15.5. The molecule has 0 radical (unpaired) electrons. The van der Waals surface area contributed by atoms with Crippen LogP contribution in [0.1, 0.15) is 11.1 Å². The summed E-state index contributed by atoms with van der Waals surface area (Å²) in [6.45, 7) is 2.11. The largest absolute Gasteiger partial charge is 0.346 e. The van der Waals surface area contributed by atoms with Gasteiger partial charge in [-0.05, 0) is 36.8 Å². The van der Waals surface area contributed by atoms with Crippen LogP contribution in [-0.4, -0.2) is 14.5 Å². The fourth-order valence-corrected chi connectivity index (χ4v) is 3.16. The smallest absolute Gasteiger partial charge is 0.110 e. The number of benzene rings is 3. The Kier molecular flexibility index (Phi) is 4.04. The number of rotatable bonds is 3. The summed E-state index contributed by atoms with van der Waals surface area (Å²) >= 11 is 5.49. The Bertz CT molecular complexity index is 1050. The van der Waals surface area contributed by atoms with Crippen LogP contribution in [0.2, 0.25) is 0 Å². The summed E-state index contributed by atoms with van der Waals surface area (Å²) in [5.41, 5.74) is 6.31. The van der Waals surface area contributed by atoms with E-state index in [1.54, 1.807) is 0 Å². The molecule has 1 aromatic heterocycles. The Hall–Kier alpha value is -2.98. The molecule has 0 aliphatic rings. The quantitative estimate of drug-likeness (QED) is 0.524. The van der Waals surface area contributed by atoms with Gasteiger partial charge in [0, 0.05) is 11.3 Å². The van der Waals surface area contributed by atoms with Crippen LogP contribution in [0.25, 0.3) is 16.7 Å². The number of para-hydroxylation sites is 1. The number of aromatic nitrogens is 2. The first-order chi connectivity index (χ1) is 12.2. The van der Waals surface area contributed by atoms with Crippen molar-refractivity contribution in [2.24, 2.45) is 0 Å². The van der Waals surface area contributed by atoms with Crippen molar-refractivity contribution in [3.63, 3.8) is 0 Å². The van der Waals surface area contributed by atoms with Crippen LogP contribution in [0.3, 0.4) is 0 Å². The van der Waals surface area contributed by atoms with Crippen molar-refractivity contribution in [1.29, 1.82) is 0 Å². The highest BCUT2D eigenvalue weighted by molar-refractivity contribution is 7.81. The molecule has 0 unspecified atom stereocenters. The zero-order valence-electron chi connectivity index (χ0n) is 13.8. The van der Waals surface area contributed by atoms with E-state index >= 15 is 0 Å². The lowest BCUT2D eigenvalue weighted by molar-refractivity contribution is 1.07. The summed E-state index contributed by atoms with van der Waals surface area (Å²) in [6, 6.07) is 24.4. The third kappa shape index (κ3) is 3.04. The van der Waals surface area contributed by atoms with Gasteiger partial charge in [0.15, 0.2) is 0 Å². The van der Waals surface area contributed by atoms with Crippen molar-refractivity contribution in [1.82, 2.24) is 9.55 Å². The van der Waals surface area contributed by atoms with Gasteiger partial charge in [0.25, 0.3) is 0 Å². The van der Waals surface area contributed by atoms with Gasteiger partial charge in [0.1, 0.15) is 11.3 Å². The van der Waals surface area contributed by atoms with E-state index in [2.05, 4.69) is 40.0 Å². The van der Waals surface area contributed by atoms with Gasteiger partial charge in [-0.2, -0.15) is 0 Å². The molecular formula is C21H17N3S. The Morgan fingerprint density at radius 1 is 0.960 bits per heavy atom. The summed E-state index contributed by atoms with van der Waals surface area (Å²) in [7, 11) is 0. The summed E-state index contributed by atoms with van der Waals surface area (Å²) in [6.07, 6.45) is 1.87. The minimum absolute atomic E-state index is 0.707. The van der Waals surface area contributed by atoms with E-state index in [1.807, 2.05) is 60.9 Å². The number of anilines is 1. The molecule has 0 aliphatic heterocycles. The zero-order valence-corrected chi connectivity index (χ0v) is 14.6. The number of thiocarbonyl (C=S) groups is 1. The molecule has 0 saturated heterocycles. The van der Waals surface area contributed by atoms with Gasteiger partial charge < -0.3 is 5.32 Å². The first-order valence-electron chi connectivity index (χ1n) is 8.12. The second kappa shape index (κ2) is 6.49. The summed E-state index contributed by atoms with van der Waals surface area (Å²) in [5.74, 6) is 0. The third-order valence-corrected chi connectivity index (χ3v) is 4.55. The molecule has 0 atom stereocenters. The van der Waals surface area contributed by atoms with Gasteiger partial charge in [-0.3, -0.25) is 4.57 Å². The van der Waals surface area contributed by atoms with Crippen molar-refractivity contribution in [2.45, 2.75) is 6.92 Å². The second-order valence-electron chi connectivity index (χ2n) is 5.92. The van der Waals surface area contributed by atoms with Crippen molar-refractivity contribution < 1.29 is 0 Å². The van der Waals surface area contributed by atoms with Crippen molar-refractivity contribution in [3.8, 4) is 5.69 Å². The molecule has 4 aromatic rings. The SMILES string of the molecule is Cc1ccccc1-n1cnc2cc(NC(=S)c3ccccc3)ccc21. The van der Waals surface area contributed by atoms with E-state index in [0.717, 1.165) is 28.0 Å². The van der Waals surface area contributed by atoms with E-state index in [1.165, 1.54) is 5.56 Å². The highest BCUT2D eigenvalue weighted by Crippen LogP contribution is 2.23. The number of imidazole rings is 1. The van der Waals surface area contributed by atoms with Crippen molar-refractivity contribution in [2.75, 3.05) is 5.32 Å². The zero-order chi connectivity index (χ0) is 17.2. The van der Waals surface area contributed by atoms with E-state index < -0.39 is 0 Å². The Morgan fingerprint density at radius 2 is 1.72 bits per heavy atom. The third-order valence-electron chi connectivity index (χ3n) is 4.22. The highest BCUT2D eigenvalue weighted by atomic mass is 32.1. The predicted octanol–water partition coefficient (Wildman–Crippen LogP) is 5.12. The molecule has 0 spiro atoms. The molecule has 0 bridgehead atoms. The van der Waals surface area contributed by atoms with Gasteiger partial charge in [0.05, 0.1) is 16.7 Å². The van der Waals surface area contributed by atoms with Crippen molar-refractivity contribution >= 4 is 33.9 Å². The Morgan fingerprint density at radius 3 is 2.52 bits per heavy atom. The average Bonchev–Trinajstić information content (AvgIpc) is 3.06. The summed E-state index contributed by atoms with van der Waals surface area (Å²) in [4.78, 5) is 5.26. The topological polar surface area (TPSA) is 29.9 Å². The van der Waals surface area contributed by atoms with Gasteiger partial charge in [-0.15, -0.1) is 0 Å². The van der Waals surface area contributed by atoms with Gasteiger partial charge in [-0.25, -0.2) is 4.98 Å². The molecule has 4 rings (SSSR count). The van der Waals surface area contributed by atoms with Gasteiger partial charge in [-0.1, -0.05) is 60.7 Å². The van der Waals surface area contributed by atoms with Crippen LogP contribution in [0.15, 0.2) is 79.1 Å².